The molecule has 0 aliphatic rings. The summed E-state index contributed by atoms with van der Waals surface area (Å²) in [7, 11) is 0. The second kappa shape index (κ2) is 9.90. The summed E-state index contributed by atoms with van der Waals surface area (Å²) in [4.78, 5) is 0. The Hall–Kier alpha value is 1.76. The molecule has 0 aromatic heterocycles. The minimum atomic E-state index is -3.29. The van der Waals surface area contributed by atoms with Gasteiger partial charge in [0.05, 0.1) is 0 Å². The van der Waals surface area contributed by atoms with Gasteiger partial charge in [0.25, 0.3) is 0 Å². The Morgan fingerprint density at radius 1 is 1.33 bits per heavy atom. The molecule has 0 unspecified atom stereocenters. The molecular formula is H4NaO3Se2. The number of hydrogen-bond donors (Lipinski definition) is 2. The van der Waals surface area contributed by atoms with Crippen molar-refractivity contribution < 1.29 is 12.2 Å². The molecule has 0 saturated heterocycles. The summed E-state index contributed by atoms with van der Waals surface area (Å²) < 4.78 is 23.1. The van der Waals surface area contributed by atoms with Crippen LogP contribution in [0, 0.1) is 0 Å². The van der Waals surface area contributed by atoms with Crippen molar-refractivity contribution in [2.24, 2.45) is 0 Å². The van der Waals surface area contributed by atoms with Crippen molar-refractivity contribution in [1.29, 1.82) is 0 Å². The van der Waals surface area contributed by atoms with E-state index in [1.165, 1.54) is 0 Å². The van der Waals surface area contributed by atoms with Gasteiger partial charge in [-0.15, -0.1) is 0 Å². The summed E-state index contributed by atoms with van der Waals surface area (Å²) in [5, 5.41) is 0. The molecule has 6 heteroatoms. The van der Waals surface area contributed by atoms with Gasteiger partial charge in [0.1, 0.15) is 0 Å². The van der Waals surface area contributed by atoms with Crippen LogP contribution in [0.1, 0.15) is 0 Å². The number of hydrogen-bond acceptors (Lipinski definition) is 1. The third kappa shape index (κ3) is 42.2. The molecule has 2 N–H and O–H groups in total. The van der Waals surface area contributed by atoms with E-state index in [0.717, 1.165) is 0 Å². The molecule has 0 bridgehead atoms. The van der Waals surface area contributed by atoms with Gasteiger partial charge in [-0.25, -0.2) is 0 Å². The normalized spacial score (nSPS) is 5.83. The fraction of sp³-hybridized carbons (Fsp3) is 0. The Morgan fingerprint density at radius 3 is 1.33 bits per heavy atom. The molecule has 0 heterocycles. The van der Waals surface area contributed by atoms with E-state index in [2.05, 4.69) is 0 Å². The molecule has 0 aliphatic carbocycles. The van der Waals surface area contributed by atoms with E-state index in [-0.39, 0.29) is 46.6 Å². The monoisotopic (exact) mass is 235 g/mol. The Kier molecular flexibility index (Phi) is 25.8. The molecule has 0 aromatic carbocycles. The van der Waals surface area contributed by atoms with Crippen LogP contribution >= 0.6 is 0 Å². The van der Waals surface area contributed by atoms with Crippen LogP contribution in [-0.2, 0) is 3.83 Å². The van der Waals surface area contributed by atoms with E-state index in [1.807, 2.05) is 0 Å². The predicted octanol–water partition coefficient (Wildman–Crippen LogP) is -2.91. The summed E-state index contributed by atoms with van der Waals surface area (Å²) in [5.74, 6) is 0. The van der Waals surface area contributed by atoms with E-state index in [0.29, 0.717) is 0 Å². The van der Waals surface area contributed by atoms with Gasteiger partial charge in [-0.1, -0.05) is 0 Å². The van der Waals surface area contributed by atoms with Crippen LogP contribution in [0.5, 0.6) is 0 Å². The molecule has 1 radical (unpaired) electrons. The Morgan fingerprint density at radius 2 is 1.33 bits per heavy atom. The first-order valence-electron chi connectivity index (χ1n) is 0.532. The van der Waals surface area contributed by atoms with Crippen LogP contribution in [0.3, 0.4) is 0 Å². The average molecular weight is 233 g/mol. The van der Waals surface area contributed by atoms with E-state index in [4.69, 9.17) is 12.2 Å². The van der Waals surface area contributed by atoms with Gasteiger partial charge >= 0.3 is 43.8 Å². The van der Waals surface area contributed by atoms with Gasteiger partial charge in [-0.2, -0.15) is 0 Å². The van der Waals surface area contributed by atoms with Crippen LogP contribution in [-0.4, -0.2) is 69.5 Å². The van der Waals surface area contributed by atoms with Crippen LogP contribution in [0.4, 0.5) is 0 Å². The molecule has 35 valence electrons. The Balaban J connectivity index is -0.0000000450. The predicted molar refractivity (Wildman–Crippen MR) is 25.2 cm³/mol. The summed E-state index contributed by atoms with van der Waals surface area (Å²) in [6.45, 7) is 0. The molecule has 0 aromatic rings. The summed E-state index contributed by atoms with van der Waals surface area (Å²) in [5.41, 5.74) is 0. The SMILES string of the molecule is O=[Se](O)O.[Na].[SeH2]. The van der Waals surface area contributed by atoms with Gasteiger partial charge in [0.15, 0.2) is 0 Å². The summed E-state index contributed by atoms with van der Waals surface area (Å²) in [6, 6.07) is 0. The zero-order valence-corrected chi connectivity index (χ0v) is 9.02. The molecule has 3 nitrogen and oxygen atoms in total. The summed E-state index contributed by atoms with van der Waals surface area (Å²) >= 11 is -3.29. The van der Waals surface area contributed by atoms with Crippen molar-refractivity contribution in [1.82, 2.24) is 0 Å². The topological polar surface area (TPSA) is 57.5 Å². The van der Waals surface area contributed by atoms with E-state index in [9.17, 15) is 0 Å². The third-order valence-corrected chi connectivity index (χ3v) is 0. The van der Waals surface area contributed by atoms with Crippen LogP contribution in [0.15, 0.2) is 0 Å². The zero-order valence-electron chi connectivity index (χ0n) is 3.21. The third-order valence-electron chi connectivity index (χ3n) is 0. The van der Waals surface area contributed by atoms with Gasteiger partial charge in [-0.3, -0.25) is 0 Å². The minimum absolute atomic E-state index is 0. The molecule has 0 spiro atoms. The molecule has 0 saturated carbocycles. The molecular weight excluding hydrogens is 229 g/mol. The van der Waals surface area contributed by atoms with Crippen molar-refractivity contribution in [3.63, 3.8) is 0 Å². The van der Waals surface area contributed by atoms with E-state index >= 15 is 0 Å². The molecule has 0 fully saturated rings. The van der Waals surface area contributed by atoms with Crippen molar-refractivity contribution in [2.75, 3.05) is 0 Å². The van der Waals surface area contributed by atoms with Gasteiger partial charge in [-0.05, 0) is 0 Å². The first kappa shape index (κ1) is 15.7. The molecule has 6 heavy (non-hydrogen) atoms. The number of rotatable bonds is 0. The molecule has 0 amide bonds. The molecule has 0 rings (SSSR count). The fourth-order valence-electron chi connectivity index (χ4n) is 0. The second-order valence-electron chi connectivity index (χ2n) is 0.231. The Bertz CT molecular complexity index is 31.8. The van der Waals surface area contributed by atoms with Crippen LogP contribution < -0.4 is 0 Å². The van der Waals surface area contributed by atoms with Gasteiger partial charge in [0, 0.05) is 29.6 Å². The van der Waals surface area contributed by atoms with Crippen molar-refractivity contribution in [3.05, 3.63) is 0 Å². The summed E-state index contributed by atoms with van der Waals surface area (Å²) in [6.07, 6.45) is 0. The molecule has 0 atom stereocenters. The second-order valence-corrected chi connectivity index (χ2v) is 1.20. The average Bonchev–Trinajstić information content (AvgIpc) is 0.811. The van der Waals surface area contributed by atoms with Crippen molar-refractivity contribution in [3.8, 4) is 0 Å². The first-order chi connectivity index (χ1) is 1.73. The maximum absolute atomic E-state index is 8.76. The van der Waals surface area contributed by atoms with E-state index < -0.39 is 14.5 Å². The fourth-order valence-corrected chi connectivity index (χ4v) is 0. The van der Waals surface area contributed by atoms with Crippen LogP contribution in [0.25, 0.3) is 0 Å². The zero-order chi connectivity index (χ0) is 3.58. The van der Waals surface area contributed by atoms with Crippen molar-refractivity contribution >= 4 is 61.1 Å². The van der Waals surface area contributed by atoms with Gasteiger partial charge in [0.2, 0.25) is 0 Å². The first-order valence-corrected chi connectivity index (χ1v) is 2.76. The maximum atomic E-state index is 8.76. The standard InChI is InChI=1S/Na.H2O3Se.H2Se/c;1-4(2)3;/h;(H2,1,2,3);1H2. The van der Waals surface area contributed by atoms with Crippen LogP contribution in [0.2, 0.25) is 0 Å². The van der Waals surface area contributed by atoms with Gasteiger partial charge < -0.3 is 0 Å². The molecule has 0 aliphatic heterocycles. The quantitative estimate of drug-likeness (QED) is 0.441. The van der Waals surface area contributed by atoms with Crippen molar-refractivity contribution in [2.45, 2.75) is 0 Å². The van der Waals surface area contributed by atoms with E-state index in [1.54, 1.807) is 0 Å². The Labute approximate surface area is 72.6 Å².